The Bertz CT molecular complexity index is 423. The van der Waals surface area contributed by atoms with Crippen LogP contribution < -0.4 is 16.4 Å². The zero-order chi connectivity index (χ0) is 13.4. The number of anilines is 1. The van der Waals surface area contributed by atoms with Crippen molar-refractivity contribution in [3.05, 3.63) is 24.0 Å². The minimum Gasteiger partial charge on any atom is -0.448 e. The van der Waals surface area contributed by atoms with Gasteiger partial charge in [0.1, 0.15) is 6.61 Å². The summed E-state index contributed by atoms with van der Waals surface area (Å²) >= 11 is 0. The summed E-state index contributed by atoms with van der Waals surface area (Å²) in [5.74, 6) is -0.285. The summed E-state index contributed by atoms with van der Waals surface area (Å²) in [4.78, 5) is 26.0. The van der Waals surface area contributed by atoms with Crippen LogP contribution in [0.15, 0.2) is 18.5 Å². The molecule has 0 radical (unpaired) electrons. The van der Waals surface area contributed by atoms with E-state index in [4.69, 9.17) is 5.73 Å². The maximum Gasteiger partial charge on any atom is 0.404 e. The topological polar surface area (TPSA) is 106 Å². The van der Waals surface area contributed by atoms with Crippen LogP contribution in [0.25, 0.3) is 0 Å². The minimum absolute atomic E-state index is 0.0396. The molecule has 0 atom stereocenters. The van der Waals surface area contributed by atoms with Crippen molar-refractivity contribution in [2.45, 2.75) is 6.92 Å². The maximum absolute atomic E-state index is 11.8. The van der Waals surface area contributed by atoms with Crippen LogP contribution in [0.5, 0.6) is 0 Å². The van der Waals surface area contributed by atoms with E-state index >= 15 is 0 Å². The van der Waals surface area contributed by atoms with E-state index < -0.39 is 6.09 Å². The highest BCUT2D eigenvalue weighted by Gasteiger charge is 2.10. The zero-order valence-electron chi connectivity index (χ0n) is 10.1. The molecule has 7 nitrogen and oxygen atoms in total. The number of hydrogen-bond donors (Lipinski definition) is 3. The van der Waals surface area contributed by atoms with Gasteiger partial charge in [0.25, 0.3) is 5.91 Å². The SMILES string of the molecule is CCNc1ccncc1C(=O)NCCOC(N)=O. The minimum atomic E-state index is -0.862. The number of nitrogens with zero attached hydrogens (tertiary/aromatic N) is 1. The smallest absolute Gasteiger partial charge is 0.404 e. The molecule has 1 heterocycles. The summed E-state index contributed by atoms with van der Waals surface area (Å²) < 4.78 is 4.50. The van der Waals surface area contributed by atoms with Gasteiger partial charge in [-0.3, -0.25) is 9.78 Å². The van der Waals surface area contributed by atoms with Crippen LogP contribution >= 0.6 is 0 Å². The first-order valence-electron chi connectivity index (χ1n) is 5.53. The largest absolute Gasteiger partial charge is 0.448 e. The van der Waals surface area contributed by atoms with Gasteiger partial charge >= 0.3 is 6.09 Å². The van der Waals surface area contributed by atoms with E-state index in [2.05, 4.69) is 20.4 Å². The number of nitrogens with two attached hydrogens (primary N) is 1. The van der Waals surface area contributed by atoms with Crippen molar-refractivity contribution < 1.29 is 14.3 Å². The van der Waals surface area contributed by atoms with Crippen molar-refractivity contribution in [1.82, 2.24) is 10.3 Å². The molecule has 2 amide bonds. The van der Waals surface area contributed by atoms with Gasteiger partial charge in [0.15, 0.2) is 0 Å². The lowest BCUT2D eigenvalue weighted by atomic mass is 10.2. The van der Waals surface area contributed by atoms with E-state index in [-0.39, 0.29) is 19.1 Å². The Morgan fingerprint density at radius 2 is 2.28 bits per heavy atom. The summed E-state index contributed by atoms with van der Waals surface area (Å²) in [5.41, 5.74) is 5.94. The van der Waals surface area contributed by atoms with Crippen LogP contribution in [-0.2, 0) is 4.74 Å². The average Bonchev–Trinajstić information content (AvgIpc) is 2.35. The number of ether oxygens (including phenoxy) is 1. The molecule has 0 fully saturated rings. The van der Waals surface area contributed by atoms with E-state index in [1.54, 1.807) is 12.3 Å². The maximum atomic E-state index is 11.8. The van der Waals surface area contributed by atoms with Gasteiger partial charge in [0, 0.05) is 18.9 Å². The Balaban J connectivity index is 2.53. The van der Waals surface area contributed by atoms with Crippen LogP contribution in [0, 0.1) is 0 Å². The third kappa shape index (κ3) is 4.28. The molecule has 0 saturated carbocycles. The van der Waals surface area contributed by atoms with Crippen LogP contribution in [0.2, 0.25) is 0 Å². The number of pyridine rings is 1. The first kappa shape index (κ1) is 13.8. The number of carbonyl (C=O) groups excluding carboxylic acids is 2. The molecule has 0 aliphatic carbocycles. The van der Waals surface area contributed by atoms with Crippen molar-refractivity contribution in [2.24, 2.45) is 5.73 Å². The molecule has 0 spiro atoms. The van der Waals surface area contributed by atoms with Crippen molar-refractivity contribution in [3.63, 3.8) is 0 Å². The summed E-state index contributed by atoms with van der Waals surface area (Å²) in [6.45, 7) is 2.87. The first-order chi connectivity index (χ1) is 8.65. The predicted octanol–water partition coefficient (Wildman–Crippen LogP) is 0.339. The molecule has 0 bridgehead atoms. The molecule has 0 aliphatic heterocycles. The van der Waals surface area contributed by atoms with Gasteiger partial charge in [-0.2, -0.15) is 0 Å². The third-order valence-corrected chi connectivity index (χ3v) is 2.06. The molecule has 1 aromatic heterocycles. The molecule has 0 saturated heterocycles. The molecule has 4 N–H and O–H groups in total. The predicted molar refractivity (Wildman–Crippen MR) is 66.3 cm³/mol. The van der Waals surface area contributed by atoms with Crippen LogP contribution in [0.4, 0.5) is 10.5 Å². The second-order valence-corrected chi connectivity index (χ2v) is 3.37. The average molecular weight is 252 g/mol. The van der Waals surface area contributed by atoms with Crippen molar-refractivity contribution in [3.8, 4) is 0 Å². The highest BCUT2D eigenvalue weighted by atomic mass is 16.5. The fourth-order valence-electron chi connectivity index (χ4n) is 1.33. The quantitative estimate of drug-likeness (QED) is 0.633. The zero-order valence-corrected chi connectivity index (χ0v) is 10.1. The number of hydrogen-bond acceptors (Lipinski definition) is 5. The van der Waals surface area contributed by atoms with Gasteiger partial charge < -0.3 is 21.1 Å². The summed E-state index contributed by atoms with van der Waals surface area (Å²) in [5, 5.41) is 5.66. The summed E-state index contributed by atoms with van der Waals surface area (Å²) in [7, 11) is 0. The first-order valence-corrected chi connectivity index (χ1v) is 5.53. The molecule has 0 unspecified atom stereocenters. The van der Waals surface area contributed by atoms with Crippen molar-refractivity contribution in [2.75, 3.05) is 25.0 Å². The van der Waals surface area contributed by atoms with E-state index in [9.17, 15) is 9.59 Å². The molecular weight excluding hydrogens is 236 g/mol. The molecule has 1 rings (SSSR count). The third-order valence-electron chi connectivity index (χ3n) is 2.06. The summed E-state index contributed by atoms with van der Waals surface area (Å²) in [6, 6.07) is 1.72. The molecule has 1 aromatic rings. The second-order valence-electron chi connectivity index (χ2n) is 3.37. The molecule has 18 heavy (non-hydrogen) atoms. The Hall–Kier alpha value is -2.31. The van der Waals surface area contributed by atoms with E-state index in [0.717, 1.165) is 0 Å². The van der Waals surface area contributed by atoms with Crippen LogP contribution in [0.1, 0.15) is 17.3 Å². The lowest BCUT2D eigenvalue weighted by molar-refractivity contribution is 0.0937. The number of amides is 2. The number of carbonyl (C=O) groups is 2. The van der Waals surface area contributed by atoms with E-state index in [0.29, 0.717) is 17.8 Å². The van der Waals surface area contributed by atoms with E-state index in [1.165, 1.54) is 6.20 Å². The van der Waals surface area contributed by atoms with E-state index in [1.807, 2.05) is 6.92 Å². The fraction of sp³-hybridized carbons (Fsp3) is 0.364. The Labute approximate surface area is 105 Å². The van der Waals surface area contributed by atoms with Crippen LogP contribution in [0.3, 0.4) is 0 Å². The Morgan fingerprint density at radius 1 is 1.50 bits per heavy atom. The lowest BCUT2D eigenvalue weighted by Gasteiger charge is -2.10. The molecule has 0 aromatic carbocycles. The number of rotatable bonds is 6. The fourth-order valence-corrected chi connectivity index (χ4v) is 1.33. The normalized spacial score (nSPS) is 9.61. The summed E-state index contributed by atoms with van der Waals surface area (Å²) in [6.07, 6.45) is 2.21. The van der Waals surface area contributed by atoms with Crippen LogP contribution in [-0.4, -0.2) is 36.7 Å². The van der Waals surface area contributed by atoms with Gasteiger partial charge in [0.05, 0.1) is 17.8 Å². The van der Waals surface area contributed by atoms with Crippen molar-refractivity contribution in [1.29, 1.82) is 0 Å². The molecular formula is C11H16N4O3. The molecule has 0 aliphatic rings. The second kappa shape index (κ2) is 7.10. The molecule has 7 heteroatoms. The van der Waals surface area contributed by atoms with Gasteiger partial charge in [-0.05, 0) is 13.0 Å². The number of primary amides is 1. The van der Waals surface area contributed by atoms with Crippen molar-refractivity contribution >= 4 is 17.7 Å². The number of aromatic nitrogens is 1. The highest BCUT2D eigenvalue weighted by molar-refractivity contribution is 5.99. The highest BCUT2D eigenvalue weighted by Crippen LogP contribution is 2.12. The lowest BCUT2D eigenvalue weighted by Crippen LogP contribution is -2.29. The van der Waals surface area contributed by atoms with Gasteiger partial charge in [-0.15, -0.1) is 0 Å². The van der Waals surface area contributed by atoms with Gasteiger partial charge in [0.2, 0.25) is 0 Å². The Kier molecular flexibility index (Phi) is 5.43. The monoisotopic (exact) mass is 252 g/mol. The van der Waals surface area contributed by atoms with Gasteiger partial charge in [-0.25, -0.2) is 4.79 Å². The van der Waals surface area contributed by atoms with Gasteiger partial charge in [-0.1, -0.05) is 0 Å². The Morgan fingerprint density at radius 3 is 2.94 bits per heavy atom. The molecule has 98 valence electrons. The standard InChI is InChI=1S/C11H16N4O3/c1-2-14-9-3-4-13-7-8(9)10(16)15-5-6-18-11(12)17/h3-4,7H,2,5-6H2,1H3,(H2,12,17)(H,13,14)(H,15,16). The number of nitrogens with one attached hydrogen (secondary N) is 2.